The maximum Gasteiger partial charge on any atom is 0.154 e. The Morgan fingerprint density at radius 3 is 2.14 bits per heavy atom. The van der Waals surface area contributed by atoms with Crippen molar-refractivity contribution in [2.24, 2.45) is 0 Å². The fourth-order valence-corrected chi connectivity index (χ4v) is 3.15. The van der Waals surface area contributed by atoms with Gasteiger partial charge in [-0.15, -0.1) is 0 Å². The van der Waals surface area contributed by atoms with E-state index in [0.717, 1.165) is 17.0 Å². The molecule has 6 heteroatoms. The van der Waals surface area contributed by atoms with E-state index in [2.05, 4.69) is 4.72 Å². The maximum atomic E-state index is 12.5. The van der Waals surface area contributed by atoms with Crippen molar-refractivity contribution in [3.05, 3.63) is 42.0 Å². The Hall–Kier alpha value is -2.21. The van der Waals surface area contributed by atoms with Crippen LogP contribution in [0.1, 0.15) is 5.56 Å². The predicted octanol–water partition coefficient (Wildman–Crippen LogP) is 3.16. The Morgan fingerprint density at radius 2 is 1.59 bits per heavy atom. The van der Waals surface area contributed by atoms with Gasteiger partial charge < -0.3 is 18.9 Å². The zero-order valence-corrected chi connectivity index (χ0v) is 13.8. The molecular weight excluding hydrogens is 302 g/mol. The molecule has 118 valence electrons. The highest BCUT2D eigenvalue weighted by atomic mass is 32.2. The van der Waals surface area contributed by atoms with Crippen molar-refractivity contribution >= 4 is 16.7 Å². The maximum absolute atomic E-state index is 12.5. The van der Waals surface area contributed by atoms with Crippen LogP contribution in [0.4, 0.5) is 5.69 Å². The van der Waals surface area contributed by atoms with Crippen LogP contribution in [0.5, 0.6) is 17.2 Å². The summed E-state index contributed by atoms with van der Waals surface area (Å²) in [7, 11) is 3.30. The molecule has 0 aliphatic heterocycles. The Balaban J connectivity index is 2.27. The van der Waals surface area contributed by atoms with E-state index in [1.165, 1.54) is 0 Å². The number of methoxy groups -OCH3 is 3. The molecule has 0 spiro atoms. The van der Waals surface area contributed by atoms with E-state index in [1.54, 1.807) is 57.7 Å². The van der Waals surface area contributed by atoms with E-state index < -0.39 is 11.0 Å². The molecule has 0 unspecified atom stereocenters. The van der Waals surface area contributed by atoms with Gasteiger partial charge in [0.15, 0.2) is 11.0 Å². The Kier molecular flexibility index (Phi) is 5.27. The fraction of sp³-hybridized carbons (Fsp3) is 0.250. The van der Waals surface area contributed by atoms with Crippen LogP contribution in [0.3, 0.4) is 0 Å². The van der Waals surface area contributed by atoms with E-state index in [1.807, 2.05) is 6.92 Å². The minimum atomic E-state index is -1.45. The van der Waals surface area contributed by atoms with E-state index in [-0.39, 0.29) is 0 Å². The molecule has 0 fully saturated rings. The van der Waals surface area contributed by atoms with Crippen molar-refractivity contribution in [1.82, 2.24) is 0 Å². The summed E-state index contributed by atoms with van der Waals surface area (Å²) in [5, 5.41) is 0. The van der Waals surface area contributed by atoms with Crippen LogP contribution in [0, 0.1) is 6.92 Å². The number of ether oxygens (including phenoxy) is 3. The van der Waals surface area contributed by atoms with Gasteiger partial charge >= 0.3 is 0 Å². The second-order valence-electron chi connectivity index (χ2n) is 4.52. The molecule has 0 aromatic heterocycles. The first-order chi connectivity index (χ1) is 10.6. The van der Waals surface area contributed by atoms with Gasteiger partial charge in [-0.05, 0) is 43.3 Å². The lowest BCUT2D eigenvalue weighted by molar-refractivity contribution is 0.381. The molecule has 0 aliphatic rings. The number of anilines is 1. The average molecular weight is 321 g/mol. The predicted molar refractivity (Wildman–Crippen MR) is 87.3 cm³/mol. The van der Waals surface area contributed by atoms with Gasteiger partial charge in [-0.3, -0.25) is 0 Å². The number of nitrogens with one attached hydrogen (secondary N) is 1. The third-order valence-electron chi connectivity index (χ3n) is 3.24. The van der Waals surface area contributed by atoms with Gasteiger partial charge in [-0.25, -0.2) is 4.21 Å². The third kappa shape index (κ3) is 3.33. The highest BCUT2D eigenvalue weighted by Gasteiger charge is 2.16. The summed E-state index contributed by atoms with van der Waals surface area (Å²) >= 11 is 0. The van der Waals surface area contributed by atoms with Crippen molar-refractivity contribution < 1.29 is 18.4 Å². The zero-order valence-electron chi connectivity index (χ0n) is 13.0. The molecule has 0 heterocycles. The monoisotopic (exact) mass is 321 g/mol. The molecule has 2 aromatic rings. The van der Waals surface area contributed by atoms with E-state index in [9.17, 15) is 4.21 Å². The molecular formula is C16H19NO4S. The molecule has 1 N–H and O–H groups in total. The molecule has 5 nitrogen and oxygen atoms in total. The van der Waals surface area contributed by atoms with Crippen LogP contribution in [0.25, 0.3) is 0 Å². The third-order valence-corrected chi connectivity index (χ3v) is 4.39. The minimum absolute atomic E-state index is 0.554. The van der Waals surface area contributed by atoms with E-state index >= 15 is 0 Å². The number of hydrogen-bond acceptors (Lipinski definition) is 4. The molecule has 0 saturated carbocycles. The lowest BCUT2D eigenvalue weighted by atomic mass is 10.2. The van der Waals surface area contributed by atoms with Crippen molar-refractivity contribution in [3.8, 4) is 17.2 Å². The average Bonchev–Trinajstić information content (AvgIpc) is 2.55. The van der Waals surface area contributed by atoms with E-state index in [4.69, 9.17) is 14.2 Å². The lowest BCUT2D eigenvalue weighted by Crippen LogP contribution is -2.07. The molecule has 2 aromatic carbocycles. The summed E-state index contributed by atoms with van der Waals surface area (Å²) in [5.41, 5.74) is 1.54. The SMILES string of the molecule is COc1ccc(N[S@](=O)c2ccc(OC)c(C)c2OC)cc1. The fourth-order valence-electron chi connectivity index (χ4n) is 2.09. The number of hydrogen-bond donors (Lipinski definition) is 1. The molecule has 0 bridgehead atoms. The minimum Gasteiger partial charge on any atom is -0.497 e. The standard InChI is InChI=1S/C16H19NO4S/c1-11-14(20-3)9-10-15(16(11)21-4)22(18)17-12-5-7-13(19-2)8-6-12/h5-10,17H,1-4H3/t22-/m1/s1. The first kappa shape index (κ1) is 16.2. The van der Waals surface area contributed by atoms with Crippen LogP contribution in [-0.4, -0.2) is 25.5 Å². The topological polar surface area (TPSA) is 56.8 Å². The van der Waals surface area contributed by atoms with Gasteiger partial charge in [-0.2, -0.15) is 0 Å². The molecule has 0 aliphatic carbocycles. The van der Waals surface area contributed by atoms with E-state index in [0.29, 0.717) is 16.4 Å². The van der Waals surface area contributed by atoms with Crippen molar-refractivity contribution in [1.29, 1.82) is 0 Å². The van der Waals surface area contributed by atoms with Gasteiger partial charge in [0.2, 0.25) is 0 Å². The zero-order chi connectivity index (χ0) is 16.1. The second kappa shape index (κ2) is 7.17. The summed E-state index contributed by atoms with van der Waals surface area (Å²) in [4.78, 5) is 0.566. The summed E-state index contributed by atoms with van der Waals surface area (Å²) in [5.74, 6) is 2.00. The van der Waals surface area contributed by atoms with Gasteiger partial charge in [0.25, 0.3) is 0 Å². The van der Waals surface area contributed by atoms with Crippen LogP contribution in [0.15, 0.2) is 41.3 Å². The van der Waals surface area contributed by atoms with Gasteiger partial charge in [0.05, 0.1) is 21.3 Å². The molecule has 0 saturated heterocycles. The summed E-state index contributed by atoms with van der Waals surface area (Å²) in [6, 6.07) is 10.7. The van der Waals surface area contributed by atoms with Crippen molar-refractivity contribution in [2.75, 3.05) is 26.1 Å². The Labute approximate surface area is 132 Å². The number of rotatable bonds is 6. The second-order valence-corrected chi connectivity index (χ2v) is 5.70. The van der Waals surface area contributed by atoms with Gasteiger partial charge in [0, 0.05) is 11.3 Å². The number of benzene rings is 2. The first-order valence-corrected chi connectivity index (χ1v) is 7.79. The van der Waals surface area contributed by atoms with Crippen molar-refractivity contribution in [2.45, 2.75) is 11.8 Å². The molecule has 22 heavy (non-hydrogen) atoms. The summed E-state index contributed by atoms with van der Waals surface area (Å²) < 4.78 is 31.2. The largest absolute Gasteiger partial charge is 0.497 e. The molecule has 0 radical (unpaired) electrons. The summed E-state index contributed by atoms with van der Waals surface area (Å²) in [6.45, 7) is 1.87. The van der Waals surface area contributed by atoms with Crippen molar-refractivity contribution in [3.63, 3.8) is 0 Å². The van der Waals surface area contributed by atoms with Crippen LogP contribution in [-0.2, 0) is 11.0 Å². The van der Waals surface area contributed by atoms with Gasteiger partial charge in [-0.1, -0.05) is 0 Å². The molecule has 0 amide bonds. The first-order valence-electron chi connectivity index (χ1n) is 6.64. The van der Waals surface area contributed by atoms with Crippen LogP contribution < -0.4 is 18.9 Å². The quantitative estimate of drug-likeness (QED) is 0.888. The molecule has 1 atom stereocenters. The van der Waals surface area contributed by atoms with Crippen LogP contribution >= 0.6 is 0 Å². The Morgan fingerprint density at radius 1 is 0.909 bits per heavy atom. The van der Waals surface area contributed by atoms with Crippen LogP contribution in [0.2, 0.25) is 0 Å². The lowest BCUT2D eigenvalue weighted by Gasteiger charge is -2.14. The smallest absolute Gasteiger partial charge is 0.154 e. The van der Waals surface area contributed by atoms with Gasteiger partial charge in [0.1, 0.15) is 22.1 Å². The Bertz CT molecular complexity index is 671. The highest BCUT2D eigenvalue weighted by Crippen LogP contribution is 2.33. The summed E-state index contributed by atoms with van der Waals surface area (Å²) in [6.07, 6.45) is 0. The normalized spacial score (nSPS) is 11.6. The highest BCUT2D eigenvalue weighted by molar-refractivity contribution is 7.86. The molecule has 2 rings (SSSR count).